The van der Waals surface area contributed by atoms with E-state index in [9.17, 15) is 9.59 Å². The summed E-state index contributed by atoms with van der Waals surface area (Å²) in [5.41, 5.74) is 2.91. The molecule has 0 spiro atoms. The molecular weight excluding hydrogens is 300 g/mol. The maximum Gasteiger partial charge on any atom is 0.417 e. The van der Waals surface area contributed by atoms with Gasteiger partial charge in [0, 0.05) is 10.6 Å². The highest BCUT2D eigenvalue weighted by atomic mass is 32.2. The first-order valence-electron chi connectivity index (χ1n) is 6.87. The maximum atomic E-state index is 12.4. The van der Waals surface area contributed by atoms with Crippen LogP contribution in [0.2, 0.25) is 0 Å². The number of amides is 1. The van der Waals surface area contributed by atoms with Gasteiger partial charge in [-0.2, -0.15) is 0 Å². The molecule has 1 amide bonds. The van der Waals surface area contributed by atoms with Gasteiger partial charge >= 0.3 is 5.76 Å². The summed E-state index contributed by atoms with van der Waals surface area (Å²) >= 11 is 1.58. The number of aromatic nitrogens is 1. The highest BCUT2D eigenvalue weighted by Gasteiger charge is 2.28. The minimum Gasteiger partial charge on any atom is -0.408 e. The molecule has 0 fully saturated rings. The second-order valence-corrected chi connectivity index (χ2v) is 6.38. The summed E-state index contributed by atoms with van der Waals surface area (Å²) in [6.45, 7) is 0. The van der Waals surface area contributed by atoms with E-state index >= 15 is 0 Å². The van der Waals surface area contributed by atoms with Crippen molar-refractivity contribution in [3.63, 3.8) is 0 Å². The highest BCUT2D eigenvalue weighted by Crippen LogP contribution is 2.37. The minimum absolute atomic E-state index is 0.0357. The van der Waals surface area contributed by atoms with Crippen molar-refractivity contribution in [2.24, 2.45) is 0 Å². The Morgan fingerprint density at radius 3 is 3.00 bits per heavy atom. The van der Waals surface area contributed by atoms with E-state index in [4.69, 9.17) is 4.42 Å². The molecule has 0 aliphatic carbocycles. The number of thioether (sulfide) groups is 1. The topological polar surface area (TPSA) is 75.1 Å². The van der Waals surface area contributed by atoms with Crippen molar-refractivity contribution < 1.29 is 9.21 Å². The van der Waals surface area contributed by atoms with E-state index in [0.29, 0.717) is 16.8 Å². The molecule has 6 heteroatoms. The first-order chi connectivity index (χ1) is 10.7. The van der Waals surface area contributed by atoms with Crippen molar-refractivity contribution in [3.05, 3.63) is 58.6 Å². The lowest BCUT2D eigenvalue weighted by atomic mass is 10.1. The third kappa shape index (κ3) is 2.31. The Kier molecular flexibility index (Phi) is 3.04. The van der Waals surface area contributed by atoms with Crippen LogP contribution in [0.4, 0.5) is 5.69 Å². The Bertz CT molecular complexity index is 903. The monoisotopic (exact) mass is 312 g/mol. The molecule has 110 valence electrons. The summed E-state index contributed by atoms with van der Waals surface area (Å²) in [5.74, 6) is -0.535. The predicted molar refractivity (Wildman–Crippen MR) is 85.3 cm³/mol. The van der Waals surface area contributed by atoms with Gasteiger partial charge in [0.05, 0.1) is 10.8 Å². The van der Waals surface area contributed by atoms with E-state index < -0.39 is 5.76 Å². The van der Waals surface area contributed by atoms with Crippen LogP contribution < -0.4 is 11.1 Å². The summed E-state index contributed by atoms with van der Waals surface area (Å²) in [6.07, 6.45) is 0.734. The van der Waals surface area contributed by atoms with Gasteiger partial charge in [-0.3, -0.25) is 9.78 Å². The lowest BCUT2D eigenvalue weighted by molar-refractivity contribution is -0.115. The van der Waals surface area contributed by atoms with Crippen molar-refractivity contribution in [1.82, 2.24) is 4.98 Å². The fourth-order valence-electron chi connectivity index (χ4n) is 2.58. The second kappa shape index (κ2) is 5.06. The molecular formula is C16H12N2O3S. The van der Waals surface area contributed by atoms with Gasteiger partial charge in [-0.1, -0.05) is 18.2 Å². The molecule has 22 heavy (non-hydrogen) atoms. The molecule has 1 unspecified atom stereocenters. The van der Waals surface area contributed by atoms with Crippen LogP contribution in [0.25, 0.3) is 11.1 Å². The average Bonchev–Trinajstić information content (AvgIpc) is 3.08. The number of hydrogen-bond donors (Lipinski definition) is 2. The number of oxazole rings is 1. The number of carbonyl (C=O) groups excluding carboxylic acids is 1. The van der Waals surface area contributed by atoms with Gasteiger partial charge in [0.15, 0.2) is 5.58 Å². The summed E-state index contributed by atoms with van der Waals surface area (Å²) < 4.78 is 4.94. The van der Waals surface area contributed by atoms with Crippen LogP contribution in [-0.2, 0) is 11.2 Å². The van der Waals surface area contributed by atoms with Crippen LogP contribution in [0.5, 0.6) is 0 Å². The van der Waals surface area contributed by atoms with Crippen molar-refractivity contribution in [2.45, 2.75) is 16.6 Å². The number of nitrogens with one attached hydrogen (secondary N) is 2. The summed E-state index contributed by atoms with van der Waals surface area (Å²) in [7, 11) is 0. The molecule has 4 rings (SSSR count). The molecule has 0 bridgehead atoms. The fourth-order valence-corrected chi connectivity index (χ4v) is 3.78. The van der Waals surface area contributed by atoms with E-state index in [-0.39, 0.29) is 11.2 Å². The zero-order chi connectivity index (χ0) is 15.1. The number of anilines is 1. The van der Waals surface area contributed by atoms with E-state index in [1.54, 1.807) is 30.0 Å². The molecule has 1 aliphatic rings. The molecule has 0 saturated carbocycles. The largest absolute Gasteiger partial charge is 0.417 e. The van der Waals surface area contributed by atoms with Gasteiger partial charge in [0.2, 0.25) is 5.91 Å². The van der Waals surface area contributed by atoms with Crippen LogP contribution in [0.15, 0.2) is 56.6 Å². The number of rotatable bonds is 2. The van der Waals surface area contributed by atoms with Crippen LogP contribution in [0, 0.1) is 0 Å². The number of benzene rings is 2. The van der Waals surface area contributed by atoms with Crippen molar-refractivity contribution in [3.8, 4) is 0 Å². The molecule has 2 N–H and O–H groups in total. The zero-order valence-electron chi connectivity index (χ0n) is 11.5. The van der Waals surface area contributed by atoms with Crippen LogP contribution in [-0.4, -0.2) is 16.1 Å². The third-order valence-corrected chi connectivity index (χ3v) is 4.94. The van der Waals surface area contributed by atoms with E-state index in [1.165, 1.54) is 5.56 Å². The quantitative estimate of drug-likeness (QED) is 0.763. The van der Waals surface area contributed by atoms with E-state index in [1.807, 2.05) is 18.2 Å². The van der Waals surface area contributed by atoms with Crippen LogP contribution in [0.1, 0.15) is 5.56 Å². The Morgan fingerprint density at radius 1 is 1.27 bits per heavy atom. The molecule has 0 saturated heterocycles. The first-order valence-corrected chi connectivity index (χ1v) is 7.75. The van der Waals surface area contributed by atoms with Gasteiger partial charge in [-0.25, -0.2) is 4.79 Å². The lowest BCUT2D eigenvalue weighted by Gasteiger charge is -2.09. The molecule has 1 atom stereocenters. The molecule has 3 aromatic rings. The minimum atomic E-state index is -0.500. The Labute approximate surface area is 129 Å². The smallest absolute Gasteiger partial charge is 0.408 e. The Hall–Kier alpha value is -2.47. The Balaban J connectivity index is 1.53. The van der Waals surface area contributed by atoms with Gasteiger partial charge in [-0.15, -0.1) is 11.8 Å². The molecule has 5 nitrogen and oxygen atoms in total. The highest BCUT2D eigenvalue weighted by molar-refractivity contribution is 8.01. The molecule has 1 aromatic heterocycles. The number of carbonyl (C=O) groups is 1. The Morgan fingerprint density at radius 2 is 2.14 bits per heavy atom. The molecule has 1 aliphatic heterocycles. The standard InChI is InChI=1S/C16H12N2O3S/c19-15(14-7-9-3-1-2-4-13(9)22-14)17-10-5-6-12-11(8-10)18-16(20)21-12/h1-6,8,14H,7H2,(H,17,19)(H,18,20). The molecule has 2 heterocycles. The van der Waals surface area contributed by atoms with Gasteiger partial charge in [0.1, 0.15) is 0 Å². The normalized spacial score (nSPS) is 16.6. The summed E-state index contributed by atoms with van der Waals surface area (Å²) in [4.78, 5) is 27.3. The van der Waals surface area contributed by atoms with Crippen molar-refractivity contribution in [1.29, 1.82) is 0 Å². The maximum absolute atomic E-state index is 12.4. The van der Waals surface area contributed by atoms with Gasteiger partial charge in [0.25, 0.3) is 0 Å². The number of aromatic amines is 1. The SMILES string of the molecule is O=C(Nc1ccc2oc(=O)[nH]c2c1)C1Cc2ccccc2S1. The fraction of sp³-hybridized carbons (Fsp3) is 0.125. The first kappa shape index (κ1) is 13.2. The number of hydrogen-bond acceptors (Lipinski definition) is 4. The van der Waals surface area contributed by atoms with Crippen molar-refractivity contribution >= 4 is 34.5 Å². The van der Waals surface area contributed by atoms with Gasteiger partial charge < -0.3 is 9.73 Å². The zero-order valence-corrected chi connectivity index (χ0v) is 12.3. The van der Waals surface area contributed by atoms with E-state index in [2.05, 4.69) is 16.4 Å². The lowest BCUT2D eigenvalue weighted by Crippen LogP contribution is -2.24. The second-order valence-electron chi connectivity index (χ2n) is 5.13. The average molecular weight is 312 g/mol. The van der Waals surface area contributed by atoms with Crippen LogP contribution in [0.3, 0.4) is 0 Å². The summed E-state index contributed by atoms with van der Waals surface area (Å²) in [6, 6.07) is 13.2. The molecule has 0 radical (unpaired) electrons. The van der Waals surface area contributed by atoms with Crippen LogP contribution >= 0.6 is 11.8 Å². The van der Waals surface area contributed by atoms with Gasteiger partial charge in [-0.05, 0) is 36.2 Å². The molecule has 2 aromatic carbocycles. The van der Waals surface area contributed by atoms with Crippen molar-refractivity contribution in [2.75, 3.05) is 5.32 Å². The van der Waals surface area contributed by atoms with E-state index in [0.717, 1.165) is 11.3 Å². The number of fused-ring (bicyclic) bond motifs is 2. The summed E-state index contributed by atoms with van der Waals surface area (Å²) in [5, 5.41) is 2.77. The predicted octanol–water partition coefficient (Wildman–Crippen LogP) is 2.78. The third-order valence-electron chi connectivity index (χ3n) is 3.63. The number of H-pyrrole nitrogens is 1.